The van der Waals surface area contributed by atoms with Crippen LogP contribution in [0.5, 0.6) is 5.75 Å². The van der Waals surface area contributed by atoms with Crippen molar-refractivity contribution in [3.8, 4) is 28.3 Å². The summed E-state index contributed by atoms with van der Waals surface area (Å²) in [6, 6.07) is 18.3. The predicted octanol–water partition coefficient (Wildman–Crippen LogP) is 5.96. The first-order valence-corrected chi connectivity index (χ1v) is 15.2. The van der Waals surface area contributed by atoms with E-state index in [1.54, 1.807) is 6.20 Å². The summed E-state index contributed by atoms with van der Waals surface area (Å²) in [6.45, 7) is 10.6. The van der Waals surface area contributed by atoms with Gasteiger partial charge in [0.1, 0.15) is 0 Å². The van der Waals surface area contributed by atoms with E-state index in [-0.39, 0.29) is 23.7 Å². The smallest absolute Gasteiger partial charge is 0.264 e. The Kier molecular flexibility index (Phi) is 8.17. The van der Waals surface area contributed by atoms with Gasteiger partial charge in [-0.3, -0.25) is 4.79 Å². The molecule has 2 aromatic heterocycles. The molecule has 2 fully saturated rings. The average Bonchev–Trinajstić information content (AvgIpc) is 3.74. The number of aromatic nitrogens is 3. The molecule has 4 aromatic rings. The fourth-order valence-electron chi connectivity index (χ4n) is 5.95. The number of piperidine rings is 1. The molecule has 1 amide bonds. The summed E-state index contributed by atoms with van der Waals surface area (Å²) in [7, 11) is 0. The first-order valence-electron chi connectivity index (χ1n) is 15.2. The molecule has 4 heterocycles. The first kappa shape index (κ1) is 28.9. The third kappa shape index (κ3) is 6.57. The van der Waals surface area contributed by atoms with Crippen LogP contribution in [0.4, 0.5) is 5.82 Å². The molecule has 0 atom stereocenters. The molecule has 43 heavy (non-hydrogen) atoms. The minimum Gasteiger partial charge on any atom is -0.480 e. The second-order valence-corrected chi connectivity index (χ2v) is 12.6. The molecule has 9 heteroatoms. The highest BCUT2D eigenvalue weighted by molar-refractivity contribution is 5.94. The van der Waals surface area contributed by atoms with E-state index in [4.69, 9.17) is 15.0 Å². The van der Waals surface area contributed by atoms with E-state index in [2.05, 4.69) is 52.9 Å². The number of likely N-dealkylation sites (tertiary alicyclic amines) is 2. The fraction of sp³-hybridized carbons (Fsp3) is 0.412. The number of nitrogens with two attached hydrogens (primary N) is 1. The Morgan fingerprint density at radius 1 is 0.953 bits per heavy atom. The average molecular weight is 581 g/mol. The molecular formula is C34H40N6O3. The van der Waals surface area contributed by atoms with Crippen LogP contribution in [-0.2, 0) is 12.0 Å². The summed E-state index contributed by atoms with van der Waals surface area (Å²) >= 11 is 0. The van der Waals surface area contributed by atoms with Gasteiger partial charge in [0.15, 0.2) is 18.2 Å². The van der Waals surface area contributed by atoms with Crippen molar-refractivity contribution in [3.63, 3.8) is 0 Å². The number of amides is 1. The molecule has 6 rings (SSSR count). The van der Waals surface area contributed by atoms with Gasteiger partial charge in [-0.05, 0) is 73.5 Å². The van der Waals surface area contributed by atoms with Crippen LogP contribution in [-0.4, -0.2) is 63.1 Å². The monoisotopic (exact) mass is 580 g/mol. The summed E-state index contributed by atoms with van der Waals surface area (Å²) < 4.78 is 11.4. The first-order chi connectivity index (χ1) is 20.7. The molecule has 0 radical (unpaired) electrons. The summed E-state index contributed by atoms with van der Waals surface area (Å²) in [5, 5.41) is 4.11. The van der Waals surface area contributed by atoms with Gasteiger partial charge >= 0.3 is 0 Å². The number of carbonyl (C=O) groups is 1. The second kappa shape index (κ2) is 12.2. The van der Waals surface area contributed by atoms with Crippen LogP contribution in [0.15, 0.2) is 65.3 Å². The topological polar surface area (TPSA) is 111 Å². The fourth-order valence-corrected chi connectivity index (χ4v) is 5.95. The maximum absolute atomic E-state index is 13.2. The molecule has 0 saturated carbocycles. The zero-order valence-electron chi connectivity index (χ0n) is 25.3. The normalized spacial score (nSPS) is 16.5. The number of carbonyl (C=O) groups excluding carboxylic acids is 1. The molecule has 2 aromatic carbocycles. The molecule has 224 valence electrons. The van der Waals surface area contributed by atoms with Crippen molar-refractivity contribution in [3.05, 3.63) is 77.8 Å². The summed E-state index contributed by atoms with van der Waals surface area (Å²) in [5.74, 6) is 1.63. The maximum Gasteiger partial charge on any atom is 0.264 e. The molecule has 2 N–H and O–H groups in total. The Morgan fingerprint density at radius 3 is 2.30 bits per heavy atom. The summed E-state index contributed by atoms with van der Waals surface area (Å²) in [6.07, 6.45) is 6.41. The highest BCUT2D eigenvalue weighted by Gasteiger charge is 2.28. The van der Waals surface area contributed by atoms with Crippen molar-refractivity contribution in [2.45, 2.75) is 64.5 Å². The van der Waals surface area contributed by atoms with Gasteiger partial charge in [0, 0.05) is 42.0 Å². The predicted molar refractivity (Wildman–Crippen MR) is 167 cm³/mol. The Hall–Kier alpha value is -4.24. The van der Waals surface area contributed by atoms with Crippen molar-refractivity contribution in [1.29, 1.82) is 0 Å². The van der Waals surface area contributed by atoms with Crippen molar-refractivity contribution >= 4 is 11.7 Å². The molecule has 0 spiro atoms. The van der Waals surface area contributed by atoms with Gasteiger partial charge in [0.05, 0.1) is 0 Å². The molecule has 2 saturated heterocycles. The molecule has 2 aliphatic rings. The van der Waals surface area contributed by atoms with Crippen LogP contribution in [0.2, 0.25) is 0 Å². The number of ether oxygens (including phenoxy) is 1. The van der Waals surface area contributed by atoms with Crippen molar-refractivity contribution in [1.82, 2.24) is 24.9 Å². The Balaban J connectivity index is 1.07. The van der Waals surface area contributed by atoms with Gasteiger partial charge in [-0.25, -0.2) is 4.98 Å². The highest BCUT2D eigenvalue weighted by atomic mass is 16.5. The number of rotatable bonds is 7. The lowest BCUT2D eigenvalue weighted by Crippen LogP contribution is -2.45. The van der Waals surface area contributed by atoms with E-state index < -0.39 is 0 Å². The van der Waals surface area contributed by atoms with Crippen LogP contribution < -0.4 is 10.5 Å². The minimum absolute atomic E-state index is 0.0598. The van der Waals surface area contributed by atoms with Gasteiger partial charge < -0.3 is 24.8 Å². The number of pyridine rings is 1. The Bertz CT molecular complexity index is 1540. The molecule has 0 aliphatic carbocycles. The maximum atomic E-state index is 13.2. The number of benzene rings is 2. The lowest BCUT2D eigenvalue weighted by Gasteiger charge is -2.36. The van der Waals surface area contributed by atoms with Crippen LogP contribution in [0.25, 0.3) is 22.5 Å². The van der Waals surface area contributed by atoms with Crippen LogP contribution in [0.3, 0.4) is 0 Å². The lowest BCUT2D eigenvalue weighted by molar-refractivity contribution is 0.0644. The van der Waals surface area contributed by atoms with E-state index >= 15 is 0 Å². The molecule has 0 unspecified atom stereocenters. The van der Waals surface area contributed by atoms with Crippen LogP contribution >= 0.6 is 0 Å². The van der Waals surface area contributed by atoms with E-state index in [9.17, 15) is 4.79 Å². The van der Waals surface area contributed by atoms with Crippen LogP contribution in [0.1, 0.15) is 68.3 Å². The zero-order chi connectivity index (χ0) is 30.0. The number of nitrogens with zero attached hydrogens (tertiary/aromatic N) is 5. The van der Waals surface area contributed by atoms with Gasteiger partial charge in [-0.2, -0.15) is 4.98 Å². The lowest BCUT2D eigenvalue weighted by atomic mass is 9.87. The summed E-state index contributed by atoms with van der Waals surface area (Å²) in [4.78, 5) is 26.6. The standard InChI is InChI=1S/C34H40N6O3/c1-34(2,3)27-12-10-24(11-13-27)32-37-30(43-38-32)22-42-29-20-26(21-36-31(29)35)23-6-8-25(9-7-23)33(41)40-18-14-28(15-19-40)39-16-4-5-17-39/h6-13,20-21,28H,4-5,14-19,22H2,1-3H3,(H2,35,36). The van der Waals surface area contributed by atoms with Gasteiger partial charge in [0.2, 0.25) is 5.82 Å². The van der Waals surface area contributed by atoms with Gasteiger partial charge in [-0.1, -0.05) is 62.3 Å². The molecule has 2 aliphatic heterocycles. The third-order valence-corrected chi connectivity index (χ3v) is 8.58. The molecular weight excluding hydrogens is 540 g/mol. The van der Waals surface area contributed by atoms with Crippen LogP contribution in [0, 0.1) is 0 Å². The van der Waals surface area contributed by atoms with Gasteiger partial charge in [0.25, 0.3) is 11.8 Å². The number of anilines is 1. The highest BCUT2D eigenvalue weighted by Crippen LogP contribution is 2.29. The molecule has 9 nitrogen and oxygen atoms in total. The van der Waals surface area contributed by atoms with Gasteiger partial charge in [-0.15, -0.1) is 0 Å². The third-order valence-electron chi connectivity index (χ3n) is 8.58. The Labute approximate surface area is 253 Å². The molecule has 0 bridgehead atoms. The Morgan fingerprint density at radius 2 is 1.63 bits per heavy atom. The minimum atomic E-state index is 0.0598. The van der Waals surface area contributed by atoms with E-state index in [1.807, 2.05) is 47.4 Å². The SMILES string of the molecule is CC(C)(C)c1ccc(-c2noc(COc3cc(-c4ccc(C(=O)N5CCC(N6CCCC6)CC5)cc4)cnc3N)n2)cc1. The summed E-state index contributed by atoms with van der Waals surface area (Å²) in [5.41, 5.74) is 10.7. The quantitative estimate of drug-likeness (QED) is 0.285. The van der Waals surface area contributed by atoms with Crippen molar-refractivity contribution in [2.24, 2.45) is 0 Å². The second-order valence-electron chi connectivity index (χ2n) is 12.6. The van der Waals surface area contributed by atoms with Crippen molar-refractivity contribution in [2.75, 3.05) is 31.9 Å². The number of nitrogen functional groups attached to an aromatic ring is 1. The largest absolute Gasteiger partial charge is 0.480 e. The van der Waals surface area contributed by atoms with E-state index in [0.717, 1.165) is 42.6 Å². The number of hydrogen-bond acceptors (Lipinski definition) is 8. The number of hydrogen-bond donors (Lipinski definition) is 1. The zero-order valence-corrected chi connectivity index (χ0v) is 25.3. The van der Waals surface area contributed by atoms with E-state index in [1.165, 1.54) is 31.5 Å². The van der Waals surface area contributed by atoms with Crippen molar-refractivity contribution < 1.29 is 14.1 Å². The van der Waals surface area contributed by atoms with E-state index in [0.29, 0.717) is 29.1 Å².